The normalized spacial score (nSPS) is 12.0. The lowest BCUT2D eigenvalue weighted by Gasteiger charge is -2.11. The van der Waals surface area contributed by atoms with Gasteiger partial charge in [-0.05, 0) is 61.5 Å². The van der Waals surface area contributed by atoms with Gasteiger partial charge in [-0.25, -0.2) is 9.97 Å². The fraction of sp³-hybridized carbons (Fsp3) is 0.0741. The number of nitrogens with zero attached hydrogens (tertiary/aromatic N) is 2. The summed E-state index contributed by atoms with van der Waals surface area (Å²) in [5.74, 6) is -0.182. The minimum absolute atomic E-state index is 0.0725. The van der Waals surface area contributed by atoms with Crippen molar-refractivity contribution in [2.24, 2.45) is 0 Å². The molecule has 0 fully saturated rings. The predicted octanol–water partition coefficient (Wildman–Crippen LogP) is 5.49. The number of benzene rings is 3. The quantitative estimate of drug-likeness (QED) is 0.314. The van der Waals surface area contributed by atoms with E-state index in [1.807, 2.05) is 6.07 Å². The van der Waals surface area contributed by atoms with Gasteiger partial charge in [0.1, 0.15) is 0 Å². The standard InChI is InChI=1S/C27H20ClN5O3/c1-15(34)17-3-2-4-21(11-17)30-26(36)16-5-8-20(9-6-16)31-27-29-14-18-12-24(35)32-23-13-19(28)7-10-22(23)25(18)33-27/h2-11,13-14H,12H2,1H3,(H,30,36)(H,32,35)(H,29,31,33). The van der Waals surface area contributed by atoms with Gasteiger partial charge in [-0.15, -0.1) is 0 Å². The second kappa shape index (κ2) is 9.59. The van der Waals surface area contributed by atoms with Crippen molar-refractivity contribution in [2.45, 2.75) is 13.3 Å². The average Bonchev–Trinajstić information content (AvgIpc) is 2.99. The Morgan fingerprint density at radius 2 is 1.78 bits per heavy atom. The summed E-state index contributed by atoms with van der Waals surface area (Å²) in [6.45, 7) is 1.48. The molecule has 0 bridgehead atoms. The van der Waals surface area contributed by atoms with Crippen molar-refractivity contribution >= 4 is 52.2 Å². The van der Waals surface area contributed by atoms with Crippen LogP contribution in [0.25, 0.3) is 11.3 Å². The SMILES string of the molecule is CC(=O)c1cccc(NC(=O)c2ccc(Nc3ncc4c(n3)-c3ccc(Cl)cc3NC(=O)C4)cc2)c1. The van der Waals surface area contributed by atoms with E-state index in [0.717, 1.165) is 5.56 Å². The van der Waals surface area contributed by atoms with Crippen molar-refractivity contribution in [1.29, 1.82) is 0 Å². The summed E-state index contributed by atoms with van der Waals surface area (Å²) in [7, 11) is 0. The third-order valence-electron chi connectivity index (χ3n) is 5.66. The van der Waals surface area contributed by atoms with Gasteiger partial charge < -0.3 is 16.0 Å². The van der Waals surface area contributed by atoms with Gasteiger partial charge in [0.25, 0.3) is 5.91 Å². The van der Waals surface area contributed by atoms with Gasteiger partial charge >= 0.3 is 0 Å². The molecule has 9 heteroatoms. The van der Waals surface area contributed by atoms with Gasteiger partial charge in [-0.1, -0.05) is 23.7 Å². The molecular formula is C27H20ClN5O3. The Hall–Kier alpha value is -4.56. The average molecular weight is 498 g/mol. The number of aromatic nitrogens is 2. The van der Waals surface area contributed by atoms with Gasteiger partial charge in [0, 0.05) is 44.8 Å². The molecular weight excluding hydrogens is 478 g/mol. The molecule has 0 spiro atoms. The van der Waals surface area contributed by atoms with E-state index in [2.05, 4.69) is 25.9 Å². The molecule has 0 atom stereocenters. The first-order valence-corrected chi connectivity index (χ1v) is 11.5. The van der Waals surface area contributed by atoms with E-state index >= 15 is 0 Å². The maximum Gasteiger partial charge on any atom is 0.255 e. The Bertz CT molecular complexity index is 1520. The number of anilines is 4. The minimum atomic E-state index is -0.295. The van der Waals surface area contributed by atoms with E-state index in [1.165, 1.54) is 6.92 Å². The number of nitrogens with one attached hydrogen (secondary N) is 3. The van der Waals surface area contributed by atoms with Gasteiger partial charge in [0.2, 0.25) is 11.9 Å². The van der Waals surface area contributed by atoms with Crippen LogP contribution in [0.1, 0.15) is 33.2 Å². The van der Waals surface area contributed by atoms with Crippen LogP contribution in [0.15, 0.2) is 72.9 Å². The predicted molar refractivity (Wildman–Crippen MR) is 139 cm³/mol. The molecule has 8 nitrogen and oxygen atoms in total. The Balaban J connectivity index is 1.34. The van der Waals surface area contributed by atoms with Crippen LogP contribution in [0.4, 0.5) is 23.0 Å². The fourth-order valence-electron chi connectivity index (χ4n) is 3.88. The lowest BCUT2D eigenvalue weighted by atomic mass is 10.1. The van der Waals surface area contributed by atoms with E-state index in [-0.39, 0.29) is 24.0 Å². The van der Waals surface area contributed by atoms with E-state index in [0.29, 0.717) is 50.4 Å². The summed E-state index contributed by atoms with van der Waals surface area (Å²) >= 11 is 6.10. The van der Waals surface area contributed by atoms with Gasteiger partial charge in [0.15, 0.2) is 5.78 Å². The second-order valence-corrected chi connectivity index (χ2v) is 8.71. The topological polar surface area (TPSA) is 113 Å². The van der Waals surface area contributed by atoms with Crippen molar-refractivity contribution in [3.8, 4) is 11.3 Å². The summed E-state index contributed by atoms with van der Waals surface area (Å²) in [5, 5.41) is 9.31. The molecule has 178 valence electrons. The van der Waals surface area contributed by atoms with Gasteiger partial charge in [-0.3, -0.25) is 14.4 Å². The van der Waals surface area contributed by atoms with Crippen molar-refractivity contribution < 1.29 is 14.4 Å². The number of amides is 2. The third kappa shape index (κ3) is 4.94. The molecule has 1 aromatic heterocycles. The number of hydrogen-bond acceptors (Lipinski definition) is 6. The lowest BCUT2D eigenvalue weighted by Crippen LogP contribution is -2.13. The molecule has 5 rings (SSSR count). The van der Waals surface area contributed by atoms with E-state index in [1.54, 1.807) is 66.9 Å². The van der Waals surface area contributed by atoms with E-state index < -0.39 is 0 Å². The van der Waals surface area contributed by atoms with Crippen molar-refractivity contribution in [3.05, 3.63) is 94.6 Å². The molecule has 0 radical (unpaired) electrons. The van der Waals surface area contributed by atoms with Crippen LogP contribution in [0, 0.1) is 0 Å². The number of halogens is 1. The Morgan fingerprint density at radius 1 is 0.972 bits per heavy atom. The highest BCUT2D eigenvalue weighted by molar-refractivity contribution is 6.31. The summed E-state index contributed by atoms with van der Waals surface area (Å²) in [5.41, 5.74) is 4.91. The highest BCUT2D eigenvalue weighted by atomic mass is 35.5. The van der Waals surface area contributed by atoms with Crippen molar-refractivity contribution in [3.63, 3.8) is 0 Å². The highest BCUT2D eigenvalue weighted by Crippen LogP contribution is 2.34. The summed E-state index contributed by atoms with van der Waals surface area (Å²) < 4.78 is 0. The molecule has 3 N–H and O–H groups in total. The fourth-order valence-corrected chi connectivity index (χ4v) is 4.05. The van der Waals surface area contributed by atoms with Crippen LogP contribution in [-0.2, 0) is 11.2 Å². The van der Waals surface area contributed by atoms with Crippen LogP contribution in [0.3, 0.4) is 0 Å². The maximum absolute atomic E-state index is 12.6. The van der Waals surface area contributed by atoms with Gasteiger partial charge in [-0.2, -0.15) is 0 Å². The number of carbonyl (C=O) groups is 3. The Labute approximate surface area is 211 Å². The summed E-state index contributed by atoms with van der Waals surface area (Å²) in [6.07, 6.45) is 1.78. The first-order chi connectivity index (χ1) is 17.4. The molecule has 0 saturated carbocycles. The number of fused-ring (bicyclic) bond motifs is 3. The second-order valence-electron chi connectivity index (χ2n) is 8.28. The lowest BCUT2D eigenvalue weighted by molar-refractivity contribution is -0.115. The van der Waals surface area contributed by atoms with Crippen LogP contribution in [0.5, 0.6) is 0 Å². The molecule has 0 saturated heterocycles. The Morgan fingerprint density at radius 3 is 2.56 bits per heavy atom. The molecule has 1 aliphatic rings. The van der Waals surface area contributed by atoms with Crippen LogP contribution in [0.2, 0.25) is 5.02 Å². The minimum Gasteiger partial charge on any atom is -0.325 e. The molecule has 36 heavy (non-hydrogen) atoms. The smallest absolute Gasteiger partial charge is 0.255 e. The molecule has 2 heterocycles. The third-order valence-corrected chi connectivity index (χ3v) is 5.89. The first-order valence-electron chi connectivity index (χ1n) is 11.1. The molecule has 3 aromatic carbocycles. The molecule has 0 aliphatic carbocycles. The zero-order valence-electron chi connectivity index (χ0n) is 19.1. The van der Waals surface area contributed by atoms with Crippen LogP contribution in [-0.4, -0.2) is 27.6 Å². The number of hydrogen-bond donors (Lipinski definition) is 3. The largest absolute Gasteiger partial charge is 0.325 e. The monoisotopic (exact) mass is 497 g/mol. The molecule has 4 aromatic rings. The molecule has 1 aliphatic heterocycles. The zero-order chi connectivity index (χ0) is 25.2. The Kier molecular flexibility index (Phi) is 6.18. The number of Topliss-reactive ketones (excluding diaryl/α,β-unsaturated/α-hetero) is 1. The number of ketones is 1. The van der Waals surface area contributed by atoms with Gasteiger partial charge in [0.05, 0.1) is 17.8 Å². The summed E-state index contributed by atoms with van der Waals surface area (Å²) in [6, 6.07) is 18.9. The van der Waals surface area contributed by atoms with Crippen molar-refractivity contribution in [2.75, 3.05) is 16.0 Å². The van der Waals surface area contributed by atoms with Crippen LogP contribution >= 0.6 is 11.6 Å². The molecule has 2 amide bonds. The van der Waals surface area contributed by atoms with Crippen LogP contribution < -0.4 is 16.0 Å². The number of rotatable bonds is 5. The van der Waals surface area contributed by atoms with E-state index in [9.17, 15) is 14.4 Å². The number of carbonyl (C=O) groups excluding carboxylic acids is 3. The zero-order valence-corrected chi connectivity index (χ0v) is 19.9. The van der Waals surface area contributed by atoms with E-state index in [4.69, 9.17) is 11.6 Å². The molecule has 0 unspecified atom stereocenters. The van der Waals surface area contributed by atoms with Crippen molar-refractivity contribution in [1.82, 2.24) is 9.97 Å². The first kappa shape index (κ1) is 23.2. The summed E-state index contributed by atoms with van der Waals surface area (Å²) in [4.78, 5) is 45.5. The maximum atomic E-state index is 12.6. The highest BCUT2D eigenvalue weighted by Gasteiger charge is 2.21.